The molecule has 4 N–H and O–H groups in total. The van der Waals surface area contributed by atoms with Crippen molar-refractivity contribution < 1.29 is 9.47 Å². The van der Waals surface area contributed by atoms with Gasteiger partial charge in [-0.3, -0.25) is 0 Å². The van der Waals surface area contributed by atoms with Crippen LogP contribution in [0.3, 0.4) is 0 Å². The van der Waals surface area contributed by atoms with E-state index in [-0.39, 0.29) is 0 Å². The van der Waals surface area contributed by atoms with Gasteiger partial charge in [0.25, 0.3) is 0 Å². The summed E-state index contributed by atoms with van der Waals surface area (Å²) in [5.41, 5.74) is 13.1. The van der Waals surface area contributed by atoms with E-state index in [1.54, 1.807) is 0 Å². The van der Waals surface area contributed by atoms with E-state index in [0.29, 0.717) is 24.6 Å². The van der Waals surface area contributed by atoms with Gasteiger partial charge in [0.05, 0.1) is 24.6 Å². The number of anilines is 2. The molecule has 23 heavy (non-hydrogen) atoms. The van der Waals surface area contributed by atoms with Gasteiger partial charge in [0, 0.05) is 0 Å². The first kappa shape index (κ1) is 17.0. The first-order valence-electron chi connectivity index (χ1n) is 8.22. The maximum absolute atomic E-state index is 5.83. The average molecular weight is 314 g/mol. The van der Waals surface area contributed by atoms with Gasteiger partial charge in [-0.05, 0) is 37.1 Å². The van der Waals surface area contributed by atoms with Gasteiger partial charge in [0.15, 0.2) is 0 Å². The van der Waals surface area contributed by atoms with Gasteiger partial charge in [-0.2, -0.15) is 0 Å². The van der Waals surface area contributed by atoms with Crippen molar-refractivity contribution >= 4 is 11.4 Å². The van der Waals surface area contributed by atoms with Gasteiger partial charge in [0.2, 0.25) is 0 Å². The molecule has 0 aliphatic heterocycles. The van der Waals surface area contributed by atoms with Crippen molar-refractivity contribution in [2.45, 2.75) is 32.1 Å². The molecule has 0 aromatic heterocycles. The van der Waals surface area contributed by atoms with E-state index >= 15 is 0 Å². The summed E-state index contributed by atoms with van der Waals surface area (Å²) in [6.45, 7) is 1.43. The average Bonchev–Trinajstić information content (AvgIpc) is 2.56. The highest BCUT2D eigenvalue weighted by Gasteiger charge is 1.99. The third-order valence-corrected chi connectivity index (χ3v) is 3.64. The van der Waals surface area contributed by atoms with E-state index in [9.17, 15) is 0 Å². The zero-order valence-corrected chi connectivity index (χ0v) is 13.5. The van der Waals surface area contributed by atoms with Crippen molar-refractivity contribution in [3.63, 3.8) is 0 Å². The fourth-order valence-corrected chi connectivity index (χ4v) is 2.32. The number of ether oxygens (including phenoxy) is 2. The topological polar surface area (TPSA) is 70.5 Å². The third kappa shape index (κ3) is 6.10. The maximum Gasteiger partial charge on any atom is 0.142 e. The fraction of sp³-hybridized carbons (Fsp3) is 0.368. The molecule has 0 aliphatic rings. The second kappa shape index (κ2) is 9.62. The van der Waals surface area contributed by atoms with Crippen LogP contribution in [0.2, 0.25) is 0 Å². The summed E-state index contributed by atoms with van der Waals surface area (Å²) >= 11 is 0. The number of benzene rings is 2. The van der Waals surface area contributed by atoms with E-state index in [1.807, 2.05) is 48.5 Å². The Hall–Kier alpha value is -2.36. The smallest absolute Gasteiger partial charge is 0.142 e. The summed E-state index contributed by atoms with van der Waals surface area (Å²) in [6.07, 6.45) is 5.57. The summed E-state index contributed by atoms with van der Waals surface area (Å²) in [6, 6.07) is 15.2. The number of nitrogens with two attached hydrogens (primary N) is 2. The van der Waals surface area contributed by atoms with Crippen LogP contribution in [0.5, 0.6) is 11.5 Å². The molecule has 0 fully saturated rings. The predicted molar refractivity (Wildman–Crippen MR) is 95.8 cm³/mol. The van der Waals surface area contributed by atoms with Crippen molar-refractivity contribution in [2.75, 3.05) is 24.7 Å². The molecule has 0 amide bonds. The number of para-hydroxylation sites is 4. The van der Waals surface area contributed by atoms with Gasteiger partial charge in [-0.25, -0.2) is 0 Å². The second-order valence-electron chi connectivity index (χ2n) is 5.54. The minimum absolute atomic E-state index is 0.699. The number of nitrogen functional groups attached to an aromatic ring is 2. The maximum atomic E-state index is 5.83. The number of rotatable bonds is 10. The molecule has 0 aliphatic carbocycles. The first-order valence-corrected chi connectivity index (χ1v) is 8.22. The largest absolute Gasteiger partial charge is 0.491 e. The SMILES string of the molecule is Nc1ccccc1OCCCCCCCOc1ccccc1N. The monoisotopic (exact) mass is 314 g/mol. The summed E-state index contributed by atoms with van der Waals surface area (Å²) in [5, 5.41) is 0. The minimum Gasteiger partial charge on any atom is -0.491 e. The highest BCUT2D eigenvalue weighted by Crippen LogP contribution is 2.21. The van der Waals surface area contributed by atoms with Crippen LogP contribution >= 0.6 is 0 Å². The summed E-state index contributed by atoms with van der Waals surface area (Å²) in [5.74, 6) is 1.56. The number of hydrogen-bond acceptors (Lipinski definition) is 4. The molecule has 0 atom stereocenters. The van der Waals surface area contributed by atoms with E-state index in [2.05, 4.69) is 0 Å². The molecule has 0 unspecified atom stereocenters. The Morgan fingerprint density at radius 2 is 0.957 bits per heavy atom. The molecule has 2 aromatic carbocycles. The van der Waals surface area contributed by atoms with Crippen LogP contribution < -0.4 is 20.9 Å². The Labute approximate surface area is 138 Å². The fourth-order valence-electron chi connectivity index (χ4n) is 2.32. The van der Waals surface area contributed by atoms with E-state index in [1.165, 1.54) is 6.42 Å². The van der Waals surface area contributed by atoms with Crippen LogP contribution in [0.4, 0.5) is 11.4 Å². The molecule has 0 saturated heterocycles. The molecule has 4 nitrogen and oxygen atoms in total. The van der Waals surface area contributed by atoms with Crippen molar-refractivity contribution in [3.8, 4) is 11.5 Å². The van der Waals surface area contributed by atoms with Crippen molar-refractivity contribution in [3.05, 3.63) is 48.5 Å². The summed E-state index contributed by atoms with van der Waals surface area (Å²) in [4.78, 5) is 0. The standard InChI is InChI=1S/C19H26N2O2/c20-16-10-4-6-12-18(16)22-14-8-2-1-3-9-15-23-19-13-7-5-11-17(19)21/h4-7,10-13H,1-3,8-9,14-15,20-21H2. The lowest BCUT2D eigenvalue weighted by Crippen LogP contribution is -2.01. The third-order valence-electron chi connectivity index (χ3n) is 3.64. The van der Waals surface area contributed by atoms with E-state index in [4.69, 9.17) is 20.9 Å². The first-order chi connectivity index (χ1) is 11.3. The van der Waals surface area contributed by atoms with Gasteiger partial charge in [0.1, 0.15) is 11.5 Å². The summed E-state index contributed by atoms with van der Waals surface area (Å²) in [7, 11) is 0. The molecular weight excluding hydrogens is 288 g/mol. The lowest BCUT2D eigenvalue weighted by atomic mass is 10.1. The van der Waals surface area contributed by atoms with Crippen LogP contribution in [0.15, 0.2) is 48.5 Å². The van der Waals surface area contributed by atoms with Crippen molar-refractivity contribution in [1.82, 2.24) is 0 Å². The van der Waals surface area contributed by atoms with E-state index in [0.717, 1.165) is 37.2 Å². The molecule has 2 rings (SSSR count). The van der Waals surface area contributed by atoms with Crippen LogP contribution in [-0.2, 0) is 0 Å². The quantitative estimate of drug-likeness (QED) is 0.508. The van der Waals surface area contributed by atoms with Crippen molar-refractivity contribution in [2.24, 2.45) is 0 Å². The highest BCUT2D eigenvalue weighted by atomic mass is 16.5. The normalized spacial score (nSPS) is 10.4. The van der Waals surface area contributed by atoms with E-state index < -0.39 is 0 Å². The van der Waals surface area contributed by atoms with Crippen LogP contribution in [-0.4, -0.2) is 13.2 Å². The Morgan fingerprint density at radius 1 is 0.565 bits per heavy atom. The van der Waals surface area contributed by atoms with Gasteiger partial charge >= 0.3 is 0 Å². The molecule has 0 saturated carbocycles. The molecule has 124 valence electrons. The minimum atomic E-state index is 0.699. The molecule has 0 heterocycles. The highest BCUT2D eigenvalue weighted by molar-refractivity contribution is 5.52. The molecule has 2 aromatic rings. The lowest BCUT2D eigenvalue weighted by Gasteiger charge is -2.09. The summed E-state index contributed by atoms with van der Waals surface area (Å²) < 4.78 is 11.3. The zero-order valence-electron chi connectivity index (χ0n) is 13.5. The van der Waals surface area contributed by atoms with Crippen molar-refractivity contribution in [1.29, 1.82) is 0 Å². The lowest BCUT2D eigenvalue weighted by molar-refractivity contribution is 0.295. The van der Waals surface area contributed by atoms with Gasteiger partial charge < -0.3 is 20.9 Å². The molecule has 0 bridgehead atoms. The molecular formula is C19H26N2O2. The number of hydrogen-bond donors (Lipinski definition) is 2. The second-order valence-corrected chi connectivity index (χ2v) is 5.54. The Kier molecular flexibility index (Phi) is 7.11. The van der Waals surface area contributed by atoms with Crippen LogP contribution in [0.25, 0.3) is 0 Å². The molecule has 0 radical (unpaired) electrons. The number of unbranched alkanes of at least 4 members (excludes halogenated alkanes) is 4. The molecule has 4 heteroatoms. The Bertz CT molecular complexity index is 536. The zero-order chi connectivity index (χ0) is 16.3. The Morgan fingerprint density at radius 3 is 1.39 bits per heavy atom. The van der Waals surface area contributed by atoms with Gasteiger partial charge in [-0.1, -0.05) is 43.5 Å². The Balaban J connectivity index is 1.47. The van der Waals surface area contributed by atoms with Gasteiger partial charge in [-0.15, -0.1) is 0 Å². The van der Waals surface area contributed by atoms with Crippen LogP contribution in [0, 0.1) is 0 Å². The molecule has 0 spiro atoms. The predicted octanol–water partition coefficient (Wildman–Crippen LogP) is 4.26. The van der Waals surface area contributed by atoms with Crippen LogP contribution in [0.1, 0.15) is 32.1 Å².